The minimum absolute atomic E-state index is 0.0419. The largest absolute Gasteiger partial charge is 0.451 e. The van der Waals surface area contributed by atoms with Crippen LogP contribution in [0.2, 0.25) is 0 Å². The van der Waals surface area contributed by atoms with Gasteiger partial charge in [0.1, 0.15) is 0 Å². The first-order valence-electron chi connectivity index (χ1n) is 7.98. The van der Waals surface area contributed by atoms with E-state index < -0.39 is 24.0 Å². The van der Waals surface area contributed by atoms with Crippen molar-refractivity contribution in [2.75, 3.05) is 11.9 Å². The van der Waals surface area contributed by atoms with Gasteiger partial charge < -0.3 is 10.1 Å². The molecule has 3 rings (SSSR count). The quantitative estimate of drug-likeness (QED) is 0.703. The predicted molar refractivity (Wildman–Crippen MR) is 97.2 cm³/mol. The van der Waals surface area contributed by atoms with Crippen molar-refractivity contribution >= 4 is 28.3 Å². The molecule has 0 atom stereocenters. The summed E-state index contributed by atoms with van der Waals surface area (Å²) >= 11 is 0. The summed E-state index contributed by atoms with van der Waals surface area (Å²) in [5.74, 6) is -1.24. The first-order chi connectivity index (χ1) is 12.5. The number of carbonyl (C=O) groups is 2. The lowest BCUT2D eigenvalue weighted by molar-refractivity contribution is -0.119. The van der Waals surface area contributed by atoms with E-state index in [2.05, 4.69) is 15.5 Å². The van der Waals surface area contributed by atoms with Gasteiger partial charge >= 0.3 is 5.97 Å². The molecular formula is C19H17N3O4. The highest BCUT2D eigenvalue weighted by Gasteiger charge is 2.17. The molecule has 7 heteroatoms. The number of rotatable bonds is 4. The highest BCUT2D eigenvalue weighted by molar-refractivity contribution is 6.03. The van der Waals surface area contributed by atoms with E-state index >= 15 is 0 Å². The number of hydrogen-bond donors (Lipinski definition) is 2. The molecular weight excluding hydrogens is 334 g/mol. The van der Waals surface area contributed by atoms with Crippen LogP contribution >= 0.6 is 0 Å². The van der Waals surface area contributed by atoms with Crippen LogP contribution in [0.25, 0.3) is 10.8 Å². The van der Waals surface area contributed by atoms with Crippen molar-refractivity contribution in [3.8, 4) is 0 Å². The van der Waals surface area contributed by atoms with Crippen LogP contribution in [0.3, 0.4) is 0 Å². The lowest BCUT2D eigenvalue weighted by atomic mass is 10.1. The fraction of sp³-hybridized carbons (Fsp3) is 0.158. The Morgan fingerprint density at radius 1 is 1.08 bits per heavy atom. The van der Waals surface area contributed by atoms with Crippen molar-refractivity contribution in [1.29, 1.82) is 0 Å². The third kappa shape index (κ3) is 3.46. The normalized spacial score (nSPS) is 10.5. The zero-order valence-corrected chi connectivity index (χ0v) is 14.3. The van der Waals surface area contributed by atoms with Crippen molar-refractivity contribution in [2.45, 2.75) is 13.8 Å². The maximum atomic E-state index is 12.3. The van der Waals surface area contributed by atoms with E-state index in [-0.39, 0.29) is 5.69 Å². The van der Waals surface area contributed by atoms with Crippen molar-refractivity contribution in [2.24, 2.45) is 0 Å². The topological polar surface area (TPSA) is 101 Å². The van der Waals surface area contributed by atoms with Gasteiger partial charge in [0.05, 0.1) is 5.39 Å². The summed E-state index contributed by atoms with van der Waals surface area (Å²) in [4.78, 5) is 36.1. The fourth-order valence-corrected chi connectivity index (χ4v) is 2.54. The molecule has 26 heavy (non-hydrogen) atoms. The predicted octanol–water partition coefficient (Wildman–Crippen LogP) is 2.34. The smallest absolute Gasteiger partial charge is 0.359 e. The van der Waals surface area contributed by atoms with Crippen molar-refractivity contribution in [3.63, 3.8) is 0 Å². The van der Waals surface area contributed by atoms with Gasteiger partial charge in [-0.1, -0.05) is 30.3 Å². The average molecular weight is 351 g/mol. The Hall–Kier alpha value is -3.48. The van der Waals surface area contributed by atoms with E-state index in [4.69, 9.17) is 4.74 Å². The highest BCUT2D eigenvalue weighted by atomic mass is 16.5. The molecule has 0 saturated heterocycles. The number of esters is 1. The summed E-state index contributed by atoms with van der Waals surface area (Å²) in [5.41, 5.74) is 2.22. The third-order valence-electron chi connectivity index (χ3n) is 4.10. The van der Waals surface area contributed by atoms with Crippen molar-refractivity contribution < 1.29 is 14.3 Å². The Labute approximate surface area is 149 Å². The Kier molecular flexibility index (Phi) is 4.79. The van der Waals surface area contributed by atoms with Gasteiger partial charge in [-0.25, -0.2) is 9.89 Å². The number of aromatic nitrogens is 2. The van der Waals surface area contributed by atoms with Crippen LogP contribution in [0.4, 0.5) is 5.69 Å². The third-order valence-corrected chi connectivity index (χ3v) is 4.10. The molecule has 1 heterocycles. The minimum Gasteiger partial charge on any atom is -0.451 e. The van der Waals surface area contributed by atoms with Gasteiger partial charge in [0.2, 0.25) is 0 Å². The number of nitrogens with one attached hydrogen (secondary N) is 2. The Bertz CT molecular complexity index is 1060. The Morgan fingerprint density at radius 2 is 1.81 bits per heavy atom. The Morgan fingerprint density at radius 3 is 2.58 bits per heavy atom. The molecule has 0 unspecified atom stereocenters. The average Bonchev–Trinajstić information content (AvgIpc) is 2.64. The summed E-state index contributed by atoms with van der Waals surface area (Å²) in [5, 5.41) is 9.42. The number of ether oxygens (including phenoxy) is 1. The molecule has 0 aliphatic heterocycles. The second kappa shape index (κ2) is 7.18. The van der Waals surface area contributed by atoms with Gasteiger partial charge in [0, 0.05) is 11.1 Å². The standard InChI is InChI=1S/C19H17N3O4/c1-11-6-5-9-15(12(11)2)20-16(23)10-26-19(25)17-13-7-3-4-8-14(13)18(24)22-21-17/h3-9H,10H2,1-2H3,(H,20,23)(H,22,24). The number of carbonyl (C=O) groups excluding carboxylic acids is 2. The highest BCUT2D eigenvalue weighted by Crippen LogP contribution is 2.18. The summed E-state index contributed by atoms with van der Waals surface area (Å²) in [6.45, 7) is 3.38. The summed E-state index contributed by atoms with van der Waals surface area (Å²) in [6, 6.07) is 12.1. The number of H-pyrrole nitrogens is 1. The first kappa shape index (κ1) is 17.3. The van der Waals surface area contributed by atoms with Crippen LogP contribution in [0.5, 0.6) is 0 Å². The molecule has 1 amide bonds. The van der Waals surface area contributed by atoms with E-state index in [1.54, 1.807) is 30.3 Å². The minimum atomic E-state index is -0.784. The second-order valence-electron chi connectivity index (χ2n) is 5.82. The van der Waals surface area contributed by atoms with E-state index in [0.29, 0.717) is 16.5 Å². The molecule has 0 bridgehead atoms. The number of anilines is 1. The van der Waals surface area contributed by atoms with Gasteiger partial charge in [0.15, 0.2) is 12.3 Å². The molecule has 2 N–H and O–H groups in total. The monoisotopic (exact) mass is 351 g/mol. The molecule has 7 nitrogen and oxygen atoms in total. The van der Waals surface area contributed by atoms with Crippen LogP contribution in [0.15, 0.2) is 47.3 Å². The fourth-order valence-electron chi connectivity index (χ4n) is 2.54. The number of aromatic amines is 1. The Balaban J connectivity index is 1.71. The zero-order chi connectivity index (χ0) is 18.7. The zero-order valence-electron chi connectivity index (χ0n) is 14.3. The number of nitrogens with zero attached hydrogens (tertiary/aromatic N) is 1. The molecule has 0 radical (unpaired) electrons. The van der Waals surface area contributed by atoms with E-state index in [1.807, 2.05) is 26.0 Å². The molecule has 2 aromatic carbocycles. The van der Waals surface area contributed by atoms with E-state index in [0.717, 1.165) is 11.1 Å². The lowest BCUT2D eigenvalue weighted by Gasteiger charge is -2.10. The summed E-state index contributed by atoms with van der Waals surface area (Å²) < 4.78 is 5.04. The lowest BCUT2D eigenvalue weighted by Crippen LogP contribution is -2.23. The number of amides is 1. The summed E-state index contributed by atoms with van der Waals surface area (Å²) in [7, 11) is 0. The maximum absolute atomic E-state index is 12.3. The molecule has 132 valence electrons. The number of hydrogen-bond acceptors (Lipinski definition) is 5. The molecule has 0 fully saturated rings. The molecule has 1 aromatic heterocycles. The van der Waals surface area contributed by atoms with Crippen molar-refractivity contribution in [3.05, 3.63) is 69.6 Å². The maximum Gasteiger partial charge on any atom is 0.359 e. The van der Waals surface area contributed by atoms with Gasteiger partial charge in [-0.15, -0.1) is 0 Å². The van der Waals surface area contributed by atoms with Crippen LogP contribution in [0, 0.1) is 13.8 Å². The number of aryl methyl sites for hydroxylation is 1. The van der Waals surface area contributed by atoms with Crippen LogP contribution < -0.4 is 10.9 Å². The van der Waals surface area contributed by atoms with E-state index in [1.165, 1.54) is 0 Å². The molecule has 0 aliphatic carbocycles. The first-order valence-corrected chi connectivity index (χ1v) is 7.98. The van der Waals surface area contributed by atoms with Crippen LogP contribution in [-0.4, -0.2) is 28.7 Å². The van der Waals surface area contributed by atoms with Gasteiger partial charge in [-0.3, -0.25) is 9.59 Å². The van der Waals surface area contributed by atoms with Crippen LogP contribution in [-0.2, 0) is 9.53 Å². The van der Waals surface area contributed by atoms with Crippen molar-refractivity contribution in [1.82, 2.24) is 10.2 Å². The van der Waals surface area contributed by atoms with Gasteiger partial charge in [-0.2, -0.15) is 5.10 Å². The molecule has 0 aliphatic rings. The molecule has 3 aromatic rings. The van der Waals surface area contributed by atoms with E-state index in [9.17, 15) is 14.4 Å². The van der Waals surface area contributed by atoms with Gasteiger partial charge in [-0.05, 0) is 37.1 Å². The SMILES string of the molecule is Cc1cccc(NC(=O)COC(=O)c2n[nH]c(=O)c3ccccc23)c1C. The van der Waals surface area contributed by atoms with Crippen LogP contribution in [0.1, 0.15) is 21.6 Å². The van der Waals surface area contributed by atoms with Gasteiger partial charge in [0.25, 0.3) is 11.5 Å². The number of benzene rings is 2. The molecule has 0 saturated carbocycles. The summed E-state index contributed by atoms with van der Waals surface area (Å²) in [6.07, 6.45) is 0. The second-order valence-corrected chi connectivity index (χ2v) is 5.82. The molecule has 0 spiro atoms. The number of fused-ring (bicyclic) bond motifs is 1.